The molecule has 42 heavy (non-hydrogen) atoms. The average Bonchev–Trinajstić information content (AvgIpc) is 3.38. The van der Waals surface area contributed by atoms with E-state index in [0.29, 0.717) is 22.0 Å². The molecule has 0 fully saturated rings. The molecule has 4 aromatic carbocycles. The lowest BCUT2D eigenvalue weighted by atomic mass is 9.83. The van der Waals surface area contributed by atoms with Crippen LogP contribution >= 0.6 is 11.6 Å². The number of carbonyl (C=O) groups excluding carboxylic acids is 2. The molecule has 5 aromatic rings. The molecule has 0 bridgehead atoms. The summed E-state index contributed by atoms with van der Waals surface area (Å²) in [6.45, 7) is 2.32. The van der Waals surface area contributed by atoms with Crippen molar-refractivity contribution in [2.75, 3.05) is 12.0 Å². The molecule has 1 atom stereocenters. The van der Waals surface area contributed by atoms with Crippen molar-refractivity contribution in [1.29, 1.82) is 0 Å². The highest BCUT2D eigenvalue weighted by Gasteiger charge is 2.65. The van der Waals surface area contributed by atoms with Crippen molar-refractivity contribution in [3.63, 3.8) is 0 Å². The molecule has 0 saturated heterocycles. The minimum absolute atomic E-state index is 0.0139. The summed E-state index contributed by atoms with van der Waals surface area (Å²) < 4.78 is 11.4. The van der Waals surface area contributed by atoms with Gasteiger partial charge in [-0.2, -0.15) is 0 Å². The van der Waals surface area contributed by atoms with Crippen molar-refractivity contribution in [3.05, 3.63) is 140 Å². The van der Waals surface area contributed by atoms with Crippen LogP contribution in [0.2, 0.25) is 5.02 Å². The van der Waals surface area contributed by atoms with Crippen LogP contribution in [0.5, 0.6) is 5.75 Å². The van der Waals surface area contributed by atoms with Gasteiger partial charge >= 0.3 is 0 Å². The third-order valence-corrected chi connectivity index (χ3v) is 8.36. The van der Waals surface area contributed by atoms with Crippen LogP contribution in [0.15, 0.2) is 100 Å². The van der Waals surface area contributed by atoms with Crippen LogP contribution in [0.4, 0.5) is 5.69 Å². The molecule has 7 nitrogen and oxygen atoms in total. The summed E-state index contributed by atoms with van der Waals surface area (Å²) in [6.07, 6.45) is 0. The van der Waals surface area contributed by atoms with Crippen LogP contribution in [0, 0.1) is 6.92 Å². The minimum atomic E-state index is -1.73. The number of rotatable bonds is 5. The third kappa shape index (κ3) is 3.70. The summed E-state index contributed by atoms with van der Waals surface area (Å²) in [5.74, 6) is -0.394. The second-order valence-corrected chi connectivity index (χ2v) is 11.1. The lowest BCUT2D eigenvalue weighted by Crippen LogP contribution is -2.52. The standard InChI is InChI=1S/C34H25ClN2O5/c1-20-6-5-7-22(16-20)18-36-27-9-4-3-8-26(27)34(33(36)40)29-30(38)25-17-23(35)12-15-28(25)42-31(29)32(39)37(34)19-21-10-13-24(41-2)14-11-21/h3-17H,18-19H2,1-2H3. The highest BCUT2D eigenvalue weighted by Crippen LogP contribution is 2.53. The molecule has 0 aliphatic carbocycles. The van der Waals surface area contributed by atoms with Crippen molar-refractivity contribution in [3.8, 4) is 5.75 Å². The molecule has 1 aromatic heterocycles. The molecule has 0 saturated carbocycles. The zero-order valence-electron chi connectivity index (χ0n) is 22.9. The molecule has 0 N–H and O–H groups in total. The van der Waals surface area contributed by atoms with Crippen LogP contribution < -0.4 is 15.1 Å². The number of halogens is 1. The Balaban J connectivity index is 1.49. The van der Waals surface area contributed by atoms with Crippen LogP contribution in [-0.4, -0.2) is 23.8 Å². The Morgan fingerprint density at radius 3 is 2.40 bits per heavy atom. The highest BCUT2D eigenvalue weighted by molar-refractivity contribution is 6.31. The SMILES string of the molecule is COc1ccc(CN2C(=O)c3oc4ccc(Cl)cc4c(=O)c3C23C(=O)N(Cc2cccc(C)c2)c2ccccc23)cc1. The number of hydrogen-bond donors (Lipinski definition) is 0. The van der Waals surface area contributed by atoms with Gasteiger partial charge in [0.1, 0.15) is 11.3 Å². The third-order valence-electron chi connectivity index (χ3n) is 8.12. The predicted octanol–water partition coefficient (Wildman–Crippen LogP) is 6.21. The largest absolute Gasteiger partial charge is 0.497 e. The van der Waals surface area contributed by atoms with Gasteiger partial charge in [-0.1, -0.05) is 71.8 Å². The average molecular weight is 577 g/mol. The number of hydrogen-bond acceptors (Lipinski definition) is 5. The van der Waals surface area contributed by atoms with Crippen LogP contribution in [0.3, 0.4) is 0 Å². The van der Waals surface area contributed by atoms with Crippen LogP contribution in [0.1, 0.15) is 38.4 Å². The van der Waals surface area contributed by atoms with Crippen molar-refractivity contribution in [1.82, 2.24) is 4.90 Å². The molecule has 8 heteroatoms. The van der Waals surface area contributed by atoms with Gasteiger partial charge < -0.3 is 19.0 Å². The van der Waals surface area contributed by atoms with Gasteiger partial charge in [-0.15, -0.1) is 0 Å². The second kappa shape index (κ2) is 9.60. The van der Waals surface area contributed by atoms with Crippen molar-refractivity contribution < 1.29 is 18.7 Å². The first-order valence-electron chi connectivity index (χ1n) is 13.5. The topological polar surface area (TPSA) is 80.1 Å². The molecule has 1 unspecified atom stereocenters. The van der Waals surface area contributed by atoms with Gasteiger partial charge in [-0.3, -0.25) is 14.4 Å². The molecule has 2 amide bonds. The smallest absolute Gasteiger partial charge is 0.291 e. The summed E-state index contributed by atoms with van der Waals surface area (Å²) in [5, 5.41) is 0.560. The molecule has 7 rings (SSSR count). The lowest BCUT2D eigenvalue weighted by Gasteiger charge is -2.34. The minimum Gasteiger partial charge on any atom is -0.497 e. The molecule has 1 spiro atoms. The number of methoxy groups -OCH3 is 1. The van der Waals surface area contributed by atoms with E-state index >= 15 is 0 Å². The number of aryl methyl sites for hydroxylation is 1. The van der Waals surface area contributed by atoms with E-state index in [2.05, 4.69) is 0 Å². The van der Waals surface area contributed by atoms with E-state index in [0.717, 1.165) is 16.7 Å². The van der Waals surface area contributed by atoms with Gasteiger partial charge in [0.25, 0.3) is 11.8 Å². The first kappa shape index (κ1) is 26.0. The van der Waals surface area contributed by atoms with Crippen molar-refractivity contribution in [2.45, 2.75) is 25.6 Å². The number of amides is 2. The fourth-order valence-corrected chi connectivity index (χ4v) is 6.42. The van der Waals surface area contributed by atoms with Crippen molar-refractivity contribution >= 4 is 40.1 Å². The number of benzene rings is 4. The predicted molar refractivity (Wildman–Crippen MR) is 160 cm³/mol. The van der Waals surface area contributed by atoms with Gasteiger partial charge in [-0.25, -0.2) is 0 Å². The Bertz CT molecular complexity index is 1980. The Morgan fingerprint density at radius 1 is 0.857 bits per heavy atom. The summed E-state index contributed by atoms with van der Waals surface area (Å²) in [6, 6.07) is 27.2. The van der Waals surface area contributed by atoms with E-state index < -0.39 is 16.9 Å². The number of fused-ring (bicyclic) bond motifs is 5. The zero-order chi connectivity index (χ0) is 29.2. The Labute approximate surface area is 246 Å². The Morgan fingerprint density at radius 2 is 1.64 bits per heavy atom. The van der Waals surface area contributed by atoms with E-state index in [1.165, 1.54) is 11.0 Å². The Hall–Kier alpha value is -4.88. The normalized spacial score (nSPS) is 17.3. The van der Waals surface area contributed by atoms with Gasteiger partial charge in [0.15, 0.2) is 11.0 Å². The van der Waals surface area contributed by atoms with Crippen LogP contribution in [0.25, 0.3) is 11.0 Å². The number of para-hydroxylation sites is 1. The summed E-state index contributed by atoms with van der Waals surface area (Å²) >= 11 is 6.27. The number of carbonyl (C=O) groups is 2. The molecule has 208 valence electrons. The van der Waals surface area contributed by atoms with E-state index in [9.17, 15) is 14.4 Å². The molecule has 0 radical (unpaired) electrons. The van der Waals surface area contributed by atoms with Gasteiger partial charge in [0, 0.05) is 17.1 Å². The summed E-state index contributed by atoms with van der Waals surface area (Å²) in [4.78, 5) is 46.7. The van der Waals surface area contributed by atoms with Crippen molar-refractivity contribution in [2.24, 2.45) is 0 Å². The zero-order valence-corrected chi connectivity index (χ0v) is 23.6. The first-order chi connectivity index (χ1) is 20.3. The number of ether oxygens (including phenoxy) is 1. The van der Waals surface area contributed by atoms with Gasteiger partial charge in [0.2, 0.25) is 5.76 Å². The quantitative estimate of drug-likeness (QED) is 0.248. The molecule has 2 aliphatic heterocycles. The van der Waals surface area contributed by atoms with Crippen LogP contribution in [-0.2, 0) is 23.4 Å². The lowest BCUT2D eigenvalue weighted by molar-refractivity contribution is -0.126. The maximum atomic E-state index is 14.9. The maximum absolute atomic E-state index is 14.9. The second-order valence-electron chi connectivity index (χ2n) is 10.6. The highest BCUT2D eigenvalue weighted by atomic mass is 35.5. The summed E-state index contributed by atoms with van der Waals surface area (Å²) in [5.41, 5.74) is 2.00. The van der Waals surface area contributed by atoms with E-state index in [1.54, 1.807) is 36.3 Å². The first-order valence-corrected chi connectivity index (χ1v) is 13.9. The van der Waals surface area contributed by atoms with E-state index in [1.807, 2.05) is 67.6 Å². The molecular formula is C34H25ClN2O5. The fourth-order valence-electron chi connectivity index (χ4n) is 6.25. The summed E-state index contributed by atoms with van der Waals surface area (Å²) in [7, 11) is 1.58. The van der Waals surface area contributed by atoms with E-state index in [4.69, 9.17) is 20.8 Å². The fraction of sp³-hybridized carbons (Fsp3) is 0.147. The van der Waals surface area contributed by atoms with E-state index in [-0.39, 0.29) is 41.3 Å². The van der Waals surface area contributed by atoms with Gasteiger partial charge in [0.05, 0.1) is 30.3 Å². The molecular weight excluding hydrogens is 552 g/mol. The molecule has 2 aliphatic rings. The molecule has 3 heterocycles. The number of nitrogens with zero attached hydrogens (tertiary/aromatic N) is 2. The number of anilines is 1. The van der Waals surface area contributed by atoms with Gasteiger partial charge in [-0.05, 0) is 54.4 Å². The monoisotopic (exact) mass is 576 g/mol. The maximum Gasteiger partial charge on any atom is 0.291 e. The Kier molecular flexibility index (Phi) is 5.95.